The van der Waals surface area contributed by atoms with Crippen LogP contribution in [0, 0.1) is 0 Å². The van der Waals surface area contributed by atoms with Gasteiger partial charge in [-0.2, -0.15) is 18.1 Å². The Bertz CT molecular complexity index is 603. The van der Waals surface area contributed by atoms with Crippen LogP contribution in [0.3, 0.4) is 0 Å². The average molecular weight is 443 g/mol. The fraction of sp³-hybridized carbons (Fsp3) is 0.688. The maximum atomic E-state index is 13.2. The Morgan fingerprint density at radius 1 is 1.08 bits per heavy atom. The molecular weight excluding hydrogens is 421 g/mol. The molecule has 0 radical (unpaired) electrons. The number of carbonyl (C=O) groups excluding carboxylic acids is 2. The predicted molar refractivity (Wildman–Crippen MR) is 93.2 cm³/mol. The topological polar surface area (TPSA) is 68.2 Å². The molecule has 26 heavy (non-hydrogen) atoms. The molecule has 1 unspecified atom stereocenters. The van der Waals surface area contributed by atoms with E-state index in [1.54, 1.807) is 41.5 Å². The zero-order valence-electron chi connectivity index (χ0n) is 15.4. The van der Waals surface area contributed by atoms with Crippen molar-refractivity contribution in [2.75, 3.05) is 0 Å². The van der Waals surface area contributed by atoms with Gasteiger partial charge in [0.2, 0.25) is 0 Å². The summed E-state index contributed by atoms with van der Waals surface area (Å²) in [5.74, 6) is 0. The second-order valence-electron chi connectivity index (χ2n) is 7.62. The van der Waals surface area contributed by atoms with Crippen LogP contribution in [-0.4, -0.2) is 46.8 Å². The van der Waals surface area contributed by atoms with Crippen LogP contribution in [0.2, 0.25) is 0 Å². The number of hydrogen-bond acceptors (Lipinski definition) is 5. The minimum atomic E-state index is -4.64. The normalized spacial score (nSPS) is 18.6. The molecular formula is C16H22BrF3N2O4. The lowest BCUT2D eigenvalue weighted by Crippen LogP contribution is -2.49. The first-order chi connectivity index (χ1) is 11.5. The van der Waals surface area contributed by atoms with Crippen molar-refractivity contribution >= 4 is 34.3 Å². The number of rotatable bonds is 1. The van der Waals surface area contributed by atoms with E-state index < -0.39 is 47.7 Å². The van der Waals surface area contributed by atoms with E-state index in [0.29, 0.717) is 4.90 Å². The Labute approximate surface area is 158 Å². The van der Waals surface area contributed by atoms with Gasteiger partial charge in [0, 0.05) is 17.1 Å². The number of hydrogen-bond donors (Lipinski definition) is 0. The second-order valence-corrected chi connectivity index (χ2v) is 8.47. The minimum absolute atomic E-state index is 0.255. The van der Waals surface area contributed by atoms with Crippen molar-refractivity contribution in [3.63, 3.8) is 0 Å². The Balaban J connectivity index is 3.20. The molecule has 1 heterocycles. The number of halogens is 4. The number of nitrogens with zero attached hydrogens (tertiary/aromatic N) is 2. The molecule has 1 aliphatic heterocycles. The van der Waals surface area contributed by atoms with Gasteiger partial charge >= 0.3 is 18.4 Å². The fourth-order valence-electron chi connectivity index (χ4n) is 1.91. The summed E-state index contributed by atoms with van der Waals surface area (Å²) in [4.78, 5) is 29.2. The highest BCUT2D eigenvalue weighted by Crippen LogP contribution is 2.37. The van der Waals surface area contributed by atoms with Gasteiger partial charge in [-0.05, 0) is 57.5 Å². The van der Waals surface area contributed by atoms with E-state index >= 15 is 0 Å². The first kappa shape index (κ1) is 22.5. The molecule has 0 saturated heterocycles. The molecule has 0 bridgehead atoms. The minimum Gasteiger partial charge on any atom is -0.443 e. The summed E-state index contributed by atoms with van der Waals surface area (Å²) >= 11 is 2.80. The van der Waals surface area contributed by atoms with Crippen molar-refractivity contribution in [2.24, 2.45) is 4.99 Å². The molecule has 10 heteroatoms. The summed E-state index contributed by atoms with van der Waals surface area (Å²) in [5, 5.41) is 0. The second kappa shape index (κ2) is 7.58. The Morgan fingerprint density at radius 3 is 1.85 bits per heavy atom. The van der Waals surface area contributed by atoms with Crippen LogP contribution in [0.4, 0.5) is 22.8 Å². The van der Waals surface area contributed by atoms with Crippen LogP contribution in [0.15, 0.2) is 15.0 Å². The molecule has 0 saturated carbocycles. The first-order valence-corrected chi connectivity index (χ1v) is 8.55. The highest BCUT2D eigenvalue weighted by molar-refractivity contribution is 9.12. The number of alkyl halides is 3. The van der Waals surface area contributed by atoms with Gasteiger partial charge in [0.1, 0.15) is 17.4 Å². The van der Waals surface area contributed by atoms with E-state index in [-0.39, 0.29) is 4.48 Å². The average Bonchev–Trinajstić information content (AvgIpc) is 2.35. The SMILES string of the molecule is CC(C)(C)OC(=O)N(C(=O)OC(C)(C)C)C1CC(C(F)(F)F)=C(Br)C=N1. The van der Waals surface area contributed by atoms with Crippen molar-refractivity contribution in [1.82, 2.24) is 4.90 Å². The maximum Gasteiger partial charge on any atom is 0.421 e. The third-order valence-electron chi connectivity index (χ3n) is 2.86. The van der Waals surface area contributed by atoms with Gasteiger partial charge in [0.25, 0.3) is 0 Å². The molecule has 1 atom stereocenters. The van der Waals surface area contributed by atoms with E-state index in [0.717, 1.165) is 6.21 Å². The summed E-state index contributed by atoms with van der Waals surface area (Å²) in [6.45, 7) is 9.42. The summed E-state index contributed by atoms with van der Waals surface area (Å²) in [6.07, 6.45) is -8.13. The van der Waals surface area contributed by atoms with Crippen LogP contribution in [0.1, 0.15) is 48.0 Å². The lowest BCUT2D eigenvalue weighted by Gasteiger charge is -2.33. The van der Waals surface area contributed by atoms with Crippen molar-refractivity contribution in [3.05, 3.63) is 10.1 Å². The van der Waals surface area contributed by atoms with Gasteiger partial charge in [0.15, 0.2) is 0 Å². The summed E-state index contributed by atoms with van der Waals surface area (Å²) in [6, 6.07) is 0. The van der Waals surface area contributed by atoms with Crippen LogP contribution in [-0.2, 0) is 9.47 Å². The molecule has 0 aromatic heterocycles. The van der Waals surface area contributed by atoms with Gasteiger partial charge in [-0.15, -0.1) is 0 Å². The number of imide groups is 1. The predicted octanol–water partition coefficient (Wildman–Crippen LogP) is 5.17. The van der Waals surface area contributed by atoms with E-state index in [1.807, 2.05) is 0 Å². The molecule has 1 aliphatic rings. The van der Waals surface area contributed by atoms with Crippen molar-refractivity contribution < 1.29 is 32.2 Å². The molecule has 0 aromatic rings. The van der Waals surface area contributed by atoms with Gasteiger partial charge < -0.3 is 9.47 Å². The van der Waals surface area contributed by atoms with Crippen LogP contribution < -0.4 is 0 Å². The van der Waals surface area contributed by atoms with Crippen molar-refractivity contribution in [3.8, 4) is 0 Å². The number of amides is 2. The molecule has 0 fully saturated rings. The number of aliphatic imine (C=N–C) groups is 1. The van der Waals surface area contributed by atoms with E-state index in [1.165, 1.54) is 0 Å². The monoisotopic (exact) mass is 442 g/mol. The van der Waals surface area contributed by atoms with Gasteiger partial charge in [-0.25, -0.2) is 9.59 Å². The fourth-order valence-corrected chi connectivity index (χ4v) is 2.42. The molecule has 0 aliphatic carbocycles. The third-order valence-corrected chi connectivity index (χ3v) is 3.54. The Kier molecular flexibility index (Phi) is 6.54. The van der Waals surface area contributed by atoms with Crippen molar-refractivity contribution in [2.45, 2.75) is 71.5 Å². The molecule has 6 nitrogen and oxygen atoms in total. The number of dihydropyridines is 1. The zero-order valence-corrected chi connectivity index (χ0v) is 17.0. The summed E-state index contributed by atoms with van der Waals surface area (Å²) in [5.41, 5.74) is -2.85. The van der Waals surface area contributed by atoms with Crippen LogP contribution in [0.25, 0.3) is 0 Å². The third kappa shape index (κ3) is 6.62. The molecule has 1 rings (SSSR count). The van der Waals surface area contributed by atoms with E-state index in [4.69, 9.17) is 9.47 Å². The molecule has 148 valence electrons. The van der Waals surface area contributed by atoms with Gasteiger partial charge in [-0.3, -0.25) is 4.99 Å². The zero-order chi connectivity index (χ0) is 20.5. The molecule has 0 N–H and O–H groups in total. The first-order valence-electron chi connectivity index (χ1n) is 7.75. The Morgan fingerprint density at radius 2 is 1.50 bits per heavy atom. The van der Waals surface area contributed by atoms with Gasteiger partial charge in [-0.1, -0.05) is 0 Å². The molecule has 0 aromatic carbocycles. The lowest BCUT2D eigenvalue weighted by atomic mass is 10.1. The van der Waals surface area contributed by atoms with E-state index in [9.17, 15) is 22.8 Å². The maximum absolute atomic E-state index is 13.2. The number of ether oxygens (including phenoxy) is 2. The van der Waals surface area contributed by atoms with Crippen molar-refractivity contribution in [1.29, 1.82) is 0 Å². The summed E-state index contributed by atoms with van der Waals surface area (Å²) in [7, 11) is 0. The Hall–Kier alpha value is -1.58. The van der Waals surface area contributed by atoms with Crippen LogP contribution in [0.5, 0.6) is 0 Å². The number of allylic oxidation sites excluding steroid dienone is 1. The molecule has 0 spiro atoms. The number of carbonyl (C=O) groups is 2. The lowest BCUT2D eigenvalue weighted by molar-refractivity contribution is -0.0965. The highest BCUT2D eigenvalue weighted by Gasteiger charge is 2.43. The molecule has 2 amide bonds. The largest absolute Gasteiger partial charge is 0.443 e. The van der Waals surface area contributed by atoms with E-state index in [2.05, 4.69) is 20.9 Å². The smallest absolute Gasteiger partial charge is 0.421 e. The summed E-state index contributed by atoms with van der Waals surface area (Å²) < 4.78 is 49.5. The van der Waals surface area contributed by atoms with Gasteiger partial charge in [0.05, 0.1) is 5.57 Å². The van der Waals surface area contributed by atoms with Crippen LogP contribution >= 0.6 is 15.9 Å². The highest BCUT2D eigenvalue weighted by atomic mass is 79.9. The quantitative estimate of drug-likeness (QED) is 0.561. The standard InChI is InChI=1S/C16H22BrF3N2O4/c1-14(2,3)25-12(23)22(13(24)26-15(4,5)6)11-7-9(16(18,19)20)10(17)8-21-11/h8,11H,7H2,1-6H3.